The Hall–Kier alpha value is -1.95. The molecular weight excluding hydrogens is 232 g/mol. The molecule has 3 rings (SSSR count). The molecule has 1 aliphatic carbocycles. The minimum Gasteiger partial charge on any atom is -0.397 e. The van der Waals surface area contributed by atoms with Gasteiger partial charge < -0.3 is 15.0 Å². The maximum atomic E-state index is 5.83. The third kappa shape index (κ3) is 1.57. The SMILES string of the molecule is COC1(c2noc(-c3ncccc3N)n2)CCC1. The minimum atomic E-state index is -0.384. The van der Waals surface area contributed by atoms with Crippen LogP contribution >= 0.6 is 0 Å². The summed E-state index contributed by atoms with van der Waals surface area (Å²) in [6.07, 6.45) is 4.59. The molecule has 2 aromatic heterocycles. The first-order valence-corrected chi connectivity index (χ1v) is 5.85. The van der Waals surface area contributed by atoms with Gasteiger partial charge in [-0.1, -0.05) is 5.16 Å². The number of methoxy groups -OCH3 is 1. The lowest BCUT2D eigenvalue weighted by Crippen LogP contribution is -2.37. The Kier molecular flexibility index (Phi) is 2.52. The van der Waals surface area contributed by atoms with E-state index >= 15 is 0 Å². The van der Waals surface area contributed by atoms with Crippen LogP contribution in [0.5, 0.6) is 0 Å². The first-order valence-electron chi connectivity index (χ1n) is 5.85. The number of nitrogens with zero attached hydrogens (tertiary/aromatic N) is 3. The Morgan fingerprint density at radius 3 is 2.89 bits per heavy atom. The molecule has 18 heavy (non-hydrogen) atoms. The Balaban J connectivity index is 1.97. The molecule has 1 aliphatic rings. The molecule has 0 aromatic carbocycles. The van der Waals surface area contributed by atoms with Gasteiger partial charge in [-0.15, -0.1) is 0 Å². The summed E-state index contributed by atoms with van der Waals surface area (Å²) in [6, 6.07) is 3.51. The van der Waals surface area contributed by atoms with E-state index in [1.54, 1.807) is 25.4 Å². The van der Waals surface area contributed by atoms with Crippen molar-refractivity contribution in [2.75, 3.05) is 12.8 Å². The highest BCUT2D eigenvalue weighted by Crippen LogP contribution is 2.43. The molecule has 2 aromatic rings. The Morgan fingerprint density at radius 2 is 2.28 bits per heavy atom. The van der Waals surface area contributed by atoms with E-state index in [9.17, 15) is 0 Å². The van der Waals surface area contributed by atoms with Gasteiger partial charge in [0.25, 0.3) is 5.89 Å². The summed E-state index contributed by atoms with van der Waals surface area (Å²) in [5.74, 6) is 0.919. The van der Waals surface area contributed by atoms with Crippen molar-refractivity contribution in [3.8, 4) is 11.6 Å². The molecule has 1 saturated carbocycles. The third-order valence-corrected chi connectivity index (χ3v) is 3.43. The molecule has 0 aliphatic heterocycles. The van der Waals surface area contributed by atoms with Gasteiger partial charge in [-0.05, 0) is 31.4 Å². The third-order valence-electron chi connectivity index (χ3n) is 3.43. The normalized spacial score (nSPS) is 17.4. The number of hydrogen-bond acceptors (Lipinski definition) is 6. The second kappa shape index (κ2) is 4.06. The van der Waals surface area contributed by atoms with Crippen LogP contribution in [-0.4, -0.2) is 22.2 Å². The van der Waals surface area contributed by atoms with Gasteiger partial charge in [0, 0.05) is 13.3 Å². The van der Waals surface area contributed by atoms with Crippen molar-refractivity contribution in [2.45, 2.75) is 24.9 Å². The van der Waals surface area contributed by atoms with Crippen molar-refractivity contribution in [3.63, 3.8) is 0 Å². The van der Waals surface area contributed by atoms with Crippen LogP contribution in [0.15, 0.2) is 22.9 Å². The predicted octanol–water partition coefficient (Wildman–Crippen LogP) is 1.74. The Morgan fingerprint density at radius 1 is 1.44 bits per heavy atom. The summed E-state index contributed by atoms with van der Waals surface area (Å²) < 4.78 is 10.7. The number of ether oxygens (including phenoxy) is 1. The van der Waals surface area contributed by atoms with Crippen LogP contribution in [0.25, 0.3) is 11.6 Å². The van der Waals surface area contributed by atoms with Crippen LogP contribution < -0.4 is 5.73 Å². The monoisotopic (exact) mass is 246 g/mol. The van der Waals surface area contributed by atoms with E-state index in [4.69, 9.17) is 15.0 Å². The van der Waals surface area contributed by atoms with Crippen molar-refractivity contribution in [1.82, 2.24) is 15.1 Å². The van der Waals surface area contributed by atoms with Gasteiger partial charge in [0.2, 0.25) is 5.82 Å². The summed E-state index contributed by atoms with van der Waals surface area (Å²) in [5, 5.41) is 3.99. The van der Waals surface area contributed by atoms with E-state index in [1.165, 1.54) is 0 Å². The number of hydrogen-bond donors (Lipinski definition) is 1. The number of nitrogens with two attached hydrogens (primary N) is 1. The average molecular weight is 246 g/mol. The van der Waals surface area contributed by atoms with Crippen molar-refractivity contribution in [1.29, 1.82) is 0 Å². The van der Waals surface area contributed by atoms with Crippen molar-refractivity contribution < 1.29 is 9.26 Å². The molecule has 0 saturated heterocycles. The number of aromatic nitrogens is 3. The summed E-state index contributed by atoms with van der Waals surface area (Å²) in [6.45, 7) is 0. The maximum absolute atomic E-state index is 5.83. The summed E-state index contributed by atoms with van der Waals surface area (Å²) in [4.78, 5) is 8.51. The number of rotatable bonds is 3. The smallest absolute Gasteiger partial charge is 0.278 e. The fourth-order valence-electron chi connectivity index (χ4n) is 2.12. The highest BCUT2D eigenvalue weighted by molar-refractivity contribution is 5.65. The van der Waals surface area contributed by atoms with Gasteiger partial charge in [0.05, 0.1) is 5.69 Å². The lowest BCUT2D eigenvalue weighted by molar-refractivity contribution is -0.0858. The van der Waals surface area contributed by atoms with Gasteiger partial charge >= 0.3 is 0 Å². The quantitative estimate of drug-likeness (QED) is 0.887. The van der Waals surface area contributed by atoms with E-state index in [-0.39, 0.29) is 5.60 Å². The van der Waals surface area contributed by atoms with Crippen LogP contribution in [0.3, 0.4) is 0 Å². The molecule has 0 unspecified atom stereocenters. The van der Waals surface area contributed by atoms with Gasteiger partial charge in [0.15, 0.2) is 5.69 Å². The zero-order chi connectivity index (χ0) is 12.6. The molecule has 2 N–H and O–H groups in total. The number of anilines is 1. The van der Waals surface area contributed by atoms with Crippen LogP contribution in [0, 0.1) is 0 Å². The molecule has 6 heteroatoms. The van der Waals surface area contributed by atoms with Gasteiger partial charge in [0.1, 0.15) is 5.60 Å². The number of nitrogen functional groups attached to an aromatic ring is 1. The van der Waals surface area contributed by atoms with Crippen LogP contribution in [0.1, 0.15) is 25.1 Å². The first-order chi connectivity index (χ1) is 8.75. The predicted molar refractivity (Wildman–Crippen MR) is 64.5 cm³/mol. The van der Waals surface area contributed by atoms with E-state index in [2.05, 4.69) is 15.1 Å². The van der Waals surface area contributed by atoms with Crippen molar-refractivity contribution in [3.05, 3.63) is 24.2 Å². The lowest BCUT2D eigenvalue weighted by Gasteiger charge is -2.37. The molecule has 94 valence electrons. The molecule has 2 heterocycles. The van der Waals surface area contributed by atoms with Gasteiger partial charge in [-0.2, -0.15) is 4.98 Å². The van der Waals surface area contributed by atoms with E-state index < -0.39 is 0 Å². The molecular formula is C12H14N4O2. The van der Waals surface area contributed by atoms with E-state index in [1.807, 2.05) is 0 Å². The van der Waals surface area contributed by atoms with Crippen LogP contribution in [0.2, 0.25) is 0 Å². The Bertz CT molecular complexity index is 557. The molecule has 0 radical (unpaired) electrons. The van der Waals surface area contributed by atoms with Crippen LogP contribution in [-0.2, 0) is 10.3 Å². The zero-order valence-electron chi connectivity index (χ0n) is 10.1. The van der Waals surface area contributed by atoms with Gasteiger partial charge in [-0.25, -0.2) is 4.98 Å². The van der Waals surface area contributed by atoms with Crippen molar-refractivity contribution in [2.24, 2.45) is 0 Å². The van der Waals surface area contributed by atoms with Gasteiger partial charge in [-0.3, -0.25) is 0 Å². The zero-order valence-corrected chi connectivity index (χ0v) is 10.1. The maximum Gasteiger partial charge on any atom is 0.278 e. The highest BCUT2D eigenvalue weighted by atomic mass is 16.5. The summed E-state index contributed by atoms with van der Waals surface area (Å²) in [7, 11) is 1.67. The average Bonchev–Trinajstić information content (AvgIpc) is 2.79. The van der Waals surface area contributed by atoms with Crippen LogP contribution in [0.4, 0.5) is 5.69 Å². The minimum absolute atomic E-state index is 0.339. The fraction of sp³-hybridized carbons (Fsp3) is 0.417. The molecule has 0 bridgehead atoms. The summed E-state index contributed by atoms with van der Waals surface area (Å²) in [5.41, 5.74) is 6.48. The van der Waals surface area contributed by atoms with E-state index in [0.717, 1.165) is 19.3 Å². The Labute approximate surface area is 104 Å². The lowest BCUT2D eigenvalue weighted by atomic mass is 9.79. The molecule has 0 spiro atoms. The highest BCUT2D eigenvalue weighted by Gasteiger charge is 2.43. The standard InChI is InChI=1S/C12H14N4O2/c1-17-12(5-3-6-12)11-15-10(18-16-11)9-8(13)4-2-7-14-9/h2,4,7H,3,5-6,13H2,1H3. The second-order valence-corrected chi connectivity index (χ2v) is 4.42. The molecule has 6 nitrogen and oxygen atoms in total. The van der Waals surface area contributed by atoms with E-state index in [0.29, 0.717) is 23.1 Å². The largest absolute Gasteiger partial charge is 0.397 e. The van der Waals surface area contributed by atoms with Crippen molar-refractivity contribution >= 4 is 5.69 Å². The molecule has 0 amide bonds. The first kappa shape index (κ1) is 11.2. The second-order valence-electron chi connectivity index (χ2n) is 4.42. The summed E-state index contributed by atoms with van der Waals surface area (Å²) >= 11 is 0. The molecule has 1 fully saturated rings. The molecule has 0 atom stereocenters. The fourth-order valence-corrected chi connectivity index (χ4v) is 2.12. The number of pyridine rings is 1. The topological polar surface area (TPSA) is 87.1 Å².